The highest BCUT2D eigenvalue weighted by atomic mass is 16.4. The Labute approximate surface area is 123 Å². The average Bonchev–Trinajstić information content (AvgIpc) is 2.38. The molecule has 0 aliphatic heterocycles. The number of anilines is 1. The SMILES string of the molecule is Cc1cc(C)c(NC(=O)CNC(=O)CCC(=O)O)c(C)c1. The maximum atomic E-state index is 11.8. The molecule has 0 atom stereocenters. The Balaban J connectivity index is 2.51. The Hall–Kier alpha value is -2.37. The summed E-state index contributed by atoms with van der Waals surface area (Å²) in [6.45, 7) is 5.61. The second kappa shape index (κ2) is 7.42. The van der Waals surface area contributed by atoms with Gasteiger partial charge in [-0.1, -0.05) is 17.7 Å². The molecule has 0 aliphatic carbocycles. The number of benzene rings is 1. The van der Waals surface area contributed by atoms with Crippen LogP contribution in [0.2, 0.25) is 0 Å². The second-order valence-electron chi connectivity index (χ2n) is 4.99. The second-order valence-corrected chi connectivity index (χ2v) is 4.99. The minimum absolute atomic E-state index is 0.134. The fourth-order valence-corrected chi connectivity index (χ4v) is 2.05. The predicted molar refractivity (Wildman–Crippen MR) is 79.2 cm³/mol. The summed E-state index contributed by atoms with van der Waals surface area (Å²) < 4.78 is 0. The van der Waals surface area contributed by atoms with E-state index in [1.54, 1.807) is 0 Å². The van der Waals surface area contributed by atoms with Gasteiger partial charge in [0.05, 0.1) is 13.0 Å². The summed E-state index contributed by atoms with van der Waals surface area (Å²) in [7, 11) is 0. The predicted octanol–water partition coefficient (Wildman–Crippen LogP) is 1.53. The topological polar surface area (TPSA) is 95.5 Å². The molecule has 21 heavy (non-hydrogen) atoms. The van der Waals surface area contributed by atoms with E-state index in [1.807, 2.05) is 32.9 Å². The molecule has 0 radical (unpaired) electrons. The van der Waals surface area contributed by atoms with Gasteiger partial charge in [-0.2, -0.15) is 0 Å². The molecular weight excluding hydrogens is 272 g/mol. The number of rotatable bonds is 6. The molecule has 1 aromatic rings. The zero-order valence-electron chi connectivity index (χ0n) is 12.4. The van der Waals surface area contributed by atoms with E-state index in [4.69, 9.17) is 5.11 Å². The van der Waals surface area contributed by atoms with Crippen LogP contribution >= 0.6 is 0 Å². The molecular formula is C15H20N2O4. The van der Waals surface area contributed by atoms with Crippen LogP contribution in [0.3, 0.4) is 0 Å². The maximum absolute atomic E-state index is 11.8. The van der Waals surface area contributed by atoms with E-state index in [9.17, 15) is 14.4 Å². The van der Waals surface area contributed by atoms with Crippen molar-refractivity contribution in [3.8, 4) is 0 Å². The van der Waals surface area contributed by atoms with Gasteiger partial charge >= 0.3 is 5.97 Å². The highest BCUT2D eigenvalue weighted by molar-refractivity contribution is 5.96. The fraction of sp³-hybridized carbons (Fsp3) is 0.400. The van der Waals surface area contributed by atoms with Crippen LogP contribution in [0.15, 0.2) is 12.1 Å². The molecule has 1 rings (SSSR count). The number of carbonyl (C=O) groups is 3. The van der Waals surface area contributed by atoms with Gasteiger partial charge in [0.1, 0.15) is 0 Å². The molecule has 0 aliphatic rings. The Morgan fingerprint density at radius 1 is 1.00 bits per heavy atom. The highest BCUT2D eigenvalue weighted by Crippen LogP contribution is 2.21. The summed E-state index contributed by atoms with van der Waals surface area (Å²) in [6, 6.07) is 3.93. The van der Waals surface area contributed by atoms with E-state index in [-0.39, 0.29) is 25.3 Å². The number of hydrogen-bond acceptors (Lipinski definition) is 3. The van der Waals surface area contributed by atoms with Crippen LogP contribution in [0.4, 0.5) is 5.69 Å². The number of hydrogen-bond donors (Lipinski definition) is 3. The van der Waals surface area contributed by atoms with E-state index in [1.165, 1.54) is 0 Å². The number of aliphatic carboxylic acids is 1. The van der Waals surface area contributed by atoms with E-state index in [0.717, 1.165) is 22.4 Å². The lowest BCUT2D eigenvalue weighted by Crippen LogP contribution is -2.33. The Morgan fingerprint density at radius 2 is 1.57 bits per heavy atom. The van der Waals surface area contributed by atoms with E-state index in [0.29, 0.717) is 0 Å². The van der Waals surface area contributed by atoms with E-state index in [2.05, 4.69) is 10.6 Å². The fourth-order valence-electron chi connectivity index (χ4n) is 2.05. The van der Waals surface area contributed by atoms with Crippen molar-refractivity contribution in [2.75, 3.05) is 11.9 Å². The van der Waals surface area contributed by atoms with Crippen molar-refractivity contribution in [1.29, 1.82) is 0 Å². The first-order valence-electron chi connectivity index (χ1n) is 6.65. The molecule has 3 N–H and O–H groups in total. The van der Waals surface area contributed by atoms with Crippen LogP contribution in [0.25, 0.3) is 0 Å². The van der Waals surface area contributed by atoms with Gasteiger partial charge in [0.25, 0.3) is 0 Å². The van der Waals surface area contributed by atoms with Gasteiger partial charge in [0.15, 0.2) is 0 Å². The number of carboxylic acid groups (broad SMARTS) is 1. The van der Waals surface area contributed by atoms with Crippen molar-refractivity contribution >= 4 is 23.5 Å². The third-order valence-corrected chi connectivity index (χ3v) is 2.95. The third-order valence-electron chi connectivity index (χ3n) is 2.95. The van der Waals surface area contributed by atoms with Gasteiger partial charge in [-0.25, -0.2) is 0 Å². The minimum atomic E-state index is -1.04. The standard InChI is InChI=1S/C15H20N2O4/c1-9-6-10(2)15(11(3)7-9)17-13(19)8-16-12(18)4-5-14(20)21/h6-7H,4-5,8H2,1-3H3,(H,16,18)(H,17,19)(H,20,21). The lowest BCUT2D eigenvalue weighted by atomic mass is 10.1. The maximum Gasteiger partial charge on any atom is 0.303 e. The van der Waals surface area contributed by atoms with Crippen molar-refractivity contribution in [3.63, 3.8) is 0 Å². The first kappa shape index (κ1) is 16.7. The zero-order chi connectivity index (χ0) is 16.0. The molecule has 0 spiro atoms. The first-order valence-corrected chi connectivity index (χ1v) is 6.65. The number of carboxylic acids is 1. The highest BCUT2D eigenvalue weighted by Gasteiger charge is 2.10. The van der Waals surface area contributed by atoms with E-state index >= 15 is 0 Å². The first-order chi connectivity index (χ1) is 9.79. The van der Waals surface area contributed by atoms with Crippen molar-refractivity contribution < 1.29 is 19.5 Å². The van der Waals surface area contributed by atoms with Crippen LogP contribution in [0, 0.1) is 20.8 Å². The summed E-state index contributed by atoms with van der Waals surface area (Å²) >= 11 is 0. The molecule has 6 heteroatoms. The Bertz CT molecular complexity index is 544. The average molecular weight is 292 g/mol. The Kier molecular flexibility index (Phi) is 5.90. The van der Waals surface area contributed by atoms with Gasteiger partial charge in [-0.05, 0) is 31.9 Å². The molecule has 114 valence electrons. The van der Waals surface area contributed by atoms with Gasteiger partial charge < -0.3 is 15.7 Å². The molecule has 0 unspecified atom stereocenters. The molecule has 0 fully saturated rings. The molecule has 0 bridgehead atoms. The largest absolute Gasteiger partial charge is 0.481 e. The van der Waals surface area contributed by atoms with Crippen LogP contribution in [-0.2, 0) is 14.4 Å². The summed E-state index contributed by atoms with van der Waals surface area (Å²) in [5.41, 5.74) is 3.77. The number of nitrogens with one attached hydrogen (secondary N) is 2. The van der Waals surface area contributed by atoms with Crippen LogP contribution in [-0.4, -0.2) is 29.4 Å². The van der Waals surface area contributed by atoms with Gasteiger partial charge in [0.2, 0.25) is 11.8 Å². The van der Waals surface area contributed by atoms with Crippen LogP contribution < -0.4 is 10.6 Å². The lowest BCUT2D eigenvalue weighted by molar-refractivity contribution is -0.138. The normalized spacial score (nSPS) is 10.0. The number of aryl methyl sites for hydroxylation is 3. The number of carbonyl (C=O) groups excluding carboxylic acids is 2. The summed E-state index contributed by atoms with van der Waals surface area (Å²) in [4.78, 5) is 33.5. The molecule has 2 amide bonds. The molecule has 0 aromatic heterocycles. The van der Waals surface area contributed by atoms with Gasteiger partial charge in [-0.15, -0.1) is 0 Å². The molecule has 0 heterocycles. The van der Waals surface area contributed by atoms with Crippen LogP contribution in [0.1, 0.15) is 29.5 Å². The van der Waals surface area contributed by atoms with Crippen molar-refractivity contribution in [2.45, 2.75) is 33.6 Å². The lowest BCUT2D eigenvalue weighted by Gasteiger charge is -2.13. The van der Waals surface area contributed by atoms with E-state index < -0.39 is 11.9 Å². The number of amides is 2. The van der Waals surface area contributed by atoms with Crippen molar-refractivity contribution in [2.24, 2.45) is 0 Å². The zero-order valence-corrected chi connectivity index (χ0v) is 12.4. The Morgan fingerprint density at radius 3 is 2.10 bits per heavy atom. The van der Waals surface area contributed by atoms with Crippen molar-refractivity contribution in [1.82, 2.24) is 5.32 Å². The van der Waals surface area contributed by atoms with Gasteiger partial charge in [0, 0.05) is 12.1 Å². The summed E-state index contributed by atoms with van der Waals surface area (Å²) in [5.74, 6) is -1.83. The molecule has 6 nitrogen and oxygen atoms in total. The monoisotopic (exact) mass is 292 g/mol. The third kappa shape index (κ3) is 5.64. The summed E-state index contributed by atoms with van der Waals surface area (Å²) in [5, 5.41) is 13.6. The van der Waals surface area contributed by atoms with Crippen molar-refractivity contribution in [3.05, 3.63) is 28.8 Å². The van der Waals surface area contributed by atoms with Crippen LogP contribution in [0.5, 0.6) is 0 Å². The quantitative estimate of drug-likeness (QED) is 0.741. The van der Waals surface area contributed by atoms with Gasteiger partial charge in [-0.3, -0.25) is 14.4 Å². The molecule has 0 saturated heterocycles. The molecule has 1 aromatic carbocycles. The molecule has 0 saturated carbocycles. The summed E-state index contributed by atoms with van der Waals surface area (Å²) in [6.07, 6.45) is -0.380. The minimum Gasteiger partial charge on any atom is -0.481 e. The smallest absolute Gasteiger partial charge is 0.303 e.